The van der Waals surface area contributed by atoms with E-state index in [4.69, 9.17) is 0 Å². The predicted octanol–water partition coefficient (Wildman–Crippen LogP) is 17.3. The molecule has 0 atom stereocenters. The summed E-state index contributed by atoms with van der Waals surface area (Å²) in [5, 5.41) is 0. The van der Waals surface area contributed by atoms with Gasteiger partial charge in [0.15, 0.2) is 0 Å². The second-order valence-electron chi connectivity index (χ2n) is 17.6. The van der Waals surface area contributed by atoms with Gasteiger partial charge in [0.25, 0.3) is 0 Å². The Hall–Kier alpha value is -2.08. The Morgan fingerprint density at radius 2 is 0.846 bits per heavy atom. The van der Waals surface area contributed by atoms with Crippen molar-refractivity contribution < 1.29 is 0 Å². The quantitative estimate of drug-likeness (QED) is 0.0774. The lowest BCUT2D eigenvalue weighted by Gasteiger charge is -2.36. The predicted molar refractivity (Wildman–Crippen MR) is 232 cm³/mol. The summed E-state index contributed by atoms with van der Waals surface area (Å²) in [5.41, 5.74) is 13.8. The van der Waals surface area contributed by atoms with Gasteiger partial charge in [0.1, 0.15) is 0 Å². The topological polar surface area (TPSA) is 0 Å². The molecule has 0 saturated heterocycles. The minimum atomic E-state index is 0.166. The highest BCUT2D eigenvalue weighted by Gasteiger charge is 2.48. The van der Waals surface area contributed by atoms with Gasteiger partial charge in [-0.05, 0) is 89.6 Å². The van der Waals surface area contributed by atoms with Gasteiger partial charge < -0.3 is 0 Å². The molecule has 0 bridgehead atoms. The smallest absolute Gasteiger partial charge is 0.0215 e. The van der Waals surface area contributed by atoms with Crippen molar-refractivity contribution in [2.75, 3.05) is 0 Å². The van der Waals surface area contributed by atoms with Crippen LogP contribution in [0.1, 0.15) is 243 Å². The molecule has 0 heterocycles. The number of rotatable bonds is 28. The number of allylic oxidation sites excluding steroid dienone is 4. The van der Waals surface area contributed by atoms with Crippen molar-refractivity contribution in [1.29, 1.82) is 0 Å². The van der Waals surface area contributed by atoms with Gasteiger partial charge in [0, 0.05) is 10.8 Å². The maximum atomic E-state index is 2.83. The molecule has 288 valence electrons. The monoisotopic (exact) mass is 705 g/mol. The second-order valence-corrected chi connectivity index (χ2v) is 17.6. The number of hydrogen-bond acceptors (Lipinski definition) is 0. The number of fused-ring (bicyclic) bond motifs is 5. The van der Waals surface area contributed by atoms with Crippen LogP contribution in [0.25, 0.3) is 16.7 Å². The molecule has 0 nitrogen and oxygen atoms in total. The number of benzene rings is 2. The van der Waals surface area contributed by atoms with Crippen molar-refractivity contribution in [3.8, 4) is 11.1 Å². The lowest BCUT2D eigenvalue weighted by molar-refractivity contribution is 0.380. The summed E-state index contributed by atoms with van der Waals surface area (Å²) in [6, 6.07) is 15.4. The summed E-state index contributed by atoms with van der Waals surface area (Å²) in [7, 11) is 0. The van der Waals surface area contributed by atoms with Crippen molar-refractivity contribution in [2.24, 2.45) is 0 Å². The first-order valence-corrected chi connectivity index (χ1v) is 23.4. The van der Waals surface area contributed by atoms with E-state index in [1.807, 2.05) is 5.57 Å². The molecule has 52 heavy (non-hydrogen) atoms. The van der Waals surface area contributed by atoms with E-state index >= 15 is 0 Å². The first-order chi connectivity index (χ1) is 25.7. The van der Waals surface area contributed by atoms with Crippen LogP contribution in [-0.4, -0.2) is 0 Å². The molecule has 0 saturated carbocycles. The molecule has 0 aliphatic heterocycles. The summed E-state index contributed by atoms with van der Waals surface area (Å²) in [6.45, 7) is 9.39. The number of unbranched alkanes of at least 4 members (excludes halogenated alkanes) is 20. The van der Waals surface area contributed by atoms with Crippen molar-refractivity contribution >= 4 is 5.57 Å². The van der Waals surface area contributed by atoms with E-state index in [0.717, 1.165) is 0 Å². The molecule has 3 aliphatic rings. The summed E-state index contributed by atoms with van der Waals surface area (Å²) >= 11 is 0. The maximum absolute atomic E-state index is 2.83. The SMILES string of the molecule is CCCCCCCCC1(CCCCCCCC)C2=C(C=CCC2)c2cc3c(cc21)-c1ccccc1C3(CCCCCCCC)CCCCCCCC. The summed E-state index contributed by atoms with van der Waals surface area (Å²) in [6.07, 6.45) is 46.2. The molecule has 0 amide bonds. The molecule has 0 fully saturated rings. The third kappa shape index (κ3) is 9.77. The van der Waals surface area contributed by atoms with Gasteiger partial charge in [-0.2, -0.15) is 0 Å². The van der Waals surface area contributed by atoms with Crippen LogP contribution in [0, 0.1) is 0 Å². The van der Waals surface area contributed by atoms with Crippen molar-refractivity contribution in [3.63, 3.8) is 0 Å². The molecule has 0 spiro atoms. The van der Waals surface area contributed by atoms with E-state index in [9.17, 15) is 0 Å². The van der Waals surface area contributed by atoms with E-state index in [2.05, 4.69) is 76.2 Å². The highest BCUT2D eigenvalue weighted by atomic mass is 14.5. The van der Waals surface area contributed by atoms with Gasteiger partial charge in [0.2, 0.25) is 0 Å². The Morgan fingerprint density at radius 3 is 1.37 bits per heavy atom. The third-order valence-electron chi connectivity index (χ3n) is 13.8. The van der Waals surface area contributed by atoms with Crippen molar-refractivity contribution in [3.05, 3.63) is 76.4 Å². The largest absolute Gasteiger partial charge is 0.0836 e. The average molecular weight is 705 g/mol. The van der Waals surface area contributed by atoms with Gasteiger partial charge in [-0.1, -0.05) is 224 Å². The van der Waals surface area contributed by atoms with Gasteiger partial charge in [-0.15, -0.1) is 0 Å². The molecule has 2 aromatic rings. The van der Waals surface area contributed by atoms with Crippen LogP contribution < -0.4 is 0 Å². The lowest BCUT2D eigenvalue weighted by atomic mass is 9.67. The first kappa shape index (κ1) is 41.1. The van der Waals surface area contributed by atoms with E-state index in [1.54, 1.807) is 39.0 Å². The van der Waals surface area contributed by atoms with Crippen LogP contribution in [0.4, 0.5) is 0 Å². The molecule has 0 aromatic heterocycles. The third-order valence-corrected chi connectivity index (χ3v) is 13.8. The highest BCUT2D eigenvalue weighted by Crippen LogP contribution is 2.61. The Morgan fingerprint density at radius 1 is 0.423 bits per heavy atom. The van der Waals surface area contributed by atoms with Crippen LogP contribution in [0.5, 0.6) is 0 Å². The fraction of sp³-hybridized carbons (Fsp3) is 0.692. The molecule has 0 unspecified atom stereocenters. The Balaban J connectivity index is 1.54. The van der Waals surface area contributed by atoms with Crippen LogP contribution >= 0.6 is 0 Å². The fourth-order valence-corrected chi connectivity index (χ4v) is 10.9. The summed E-state index contributed by atoms with van der Waals surface area (Å²) in [4.78, 5) is 0. The van der Waals surface area contributed by atoms with Crippen LogP contribution in [0.3, 0.4) is 0 Å². The van der Waals surface area contributed by atoms with E-state index in [-0.39, 0.29) is 10.8 Å². The molecular formula is C52H80. The zero-order chi connectivity index (χ0) is 36.5. The number of hydrogen-bond donors (Lipinski definition) is 0. The summed E-state index contributed by atoms with van der Waals surface area (Å²) in [5.74, 6) is 0. The molecule has 0 heteroatoms. The molecule has 2 aromatic carbocycles. The van der Waals surface area contributed by atoms with Crippen molar-refractivity contribution in [2.45, 2.75) is 231 Å². The van der Waals surface area contributed by atoms with Crippen LogP contribution in [0.15, 0.2) is 54.1 Å². The minimum Gasteiger partial charge on any atom is -0.0836 e. The Kier molecular flexibility index (Phi) is 17.2. The normalized spacial score (nSPS) is 16.3. The second kappa shape index (κ2) is 21.7. The van der Waals surface area contributed by atoms with Crippen LogP contribution in [-0.2, 0) is 10.8 Å². The minimum absolute atomic E-state index is 0.166. The van der Waals surface area contributed by atoms with E-state index in [1.165, 1.54) is 193 Å². The summed E-state index contributed by atoms with van der Waals surface area (Å²) < 4.78 is 0. The van der Waals surface area contributed by atoms with Crippen LogP contribution in [0.2, 0.25) is 0 Å². The zero-order valence-electron chi connectivity index (χ0n) is 34.8. The molecule has 0 radical (unpaired) electrons. The standard InChI is InChI=1S/C52H80/c1-5-9-13-17-21-29-37-51(38-30-22-18-14-10-6-2)47-35-27-25-33-43(47)45-42-50-46(41-49(45)51)44-34-26-28-36-48(44)52(50,39-31-23-19-15-11-7-3)40-32-24-20-16-12-8-4/h25-27,33-35,41-42H,5-24,28-32,36-40H2,1-4H3. The lowest BCUT2D eigenvalue weighted by Crippen LogP contribution is -2.28. The highest BCUT2D eigenvalue weighted by molar-refractivity contribution is 5.92. The van der Waals surface area contributed by atoms with Crippen molar-refractivity contribution in [1.82, 2.24) is 0 Å². The molecular weight excluding hydrogens is 625 g/mol. The maximum Gasteiger partial charge on any atom is 0.0215 e. The average Bonchev–Trinajstić information content (AvgIpc) is 3.60. The molecule has 0 N–H and O–H groups in total. The van der Waals surface area contributed by atoms with Gasteiger partial charge in [-0.25, -0.2) is 0 Å². The zero-order valence-corrected chi connectivity index (χ0v) is 34.8. The molecule has 3 aliphatic carbocycles. The fourth-order valence-electron chi connectivity index (χ4n) is 10.9. The Labute approximate surface area is 323 Å². The van der Waals surface area contributed by atoms with E-state index < -0.39 is 0 Å². The van der Waals surface area contributed by atoms with Gasteiger partial charge in [-0.3, -0.25) is 0 Å². The van der Waals surface area contributed by atoms with E-state index in [0.29, 0.717) is 0 Å². The Bertz CT molecular complexity index is 1370. The van der Waals surface area contributed by atoms with Gasteiger partial charge >= 0.3 is 0 Å². The van der Waals surface area contributed by atoms with Gasteiger partial charge in [0.05, 0.1) is 0 Å². The first-order valence-electron chi connectivity index (χ1n) is 23.4. The molecule has 5 rings (SSSR count).